The lowest BCUT2D eigenvalue weighted by Crippen LogP contribution is -2.31. The van der Waals surface area contributed by atoms with Crippen LogP contribution in [0.1, 0.15) is 23.6 Å². The van der Waals surface area contributed by atoms with Crippen LogP contribution in [0, 0.1) is 0 Å². The van der Waals surface area contributed by atoms with Crippen molar-refractivity contribution in [2.45, 2.75) is 12.5 Å². The van der Waals surface area contributed by atoms with Crippen LogP contribution in [0.2, 0.25) is 0 Å². The van der Waals surface area contributed by atoms with Gasteiger partial charge in [-0.1, -0.05) is 12.1 Å². The van der Waals surface area contributed by atoms with Gasteiger partial charge >= 0.3 is 0 Å². The van der Waals surface area contributed by atoms with Crippen molar-refractivity contribution < 1.29 is 29.3 Å². The standard InChI is InChI=1S/C22H23NO6/c1-28-16-8-4-14(5-9-16)19-18(21(26)22(27)23(19)12-3-13-24)20(25)15-6-10-17(29-2)11-7-15/h4-11,19,24-25H,3,12-13H2,1-2H3/t19-/m0/s1. The average Bonchev–Trinajstić information content (AvgIpc) is 3.02. The third kappa shape index (κ3) is 3.95. The Balaban J connectivity index is 2.11. The summed E-state index contributed by atoms with van der Waals surface area (Å²) < 4.78 is 10.3. The molecule has 7 heteroatoms. The first kappa shape index (κ1) is 20.4. The number of ether oxygens (including phenoxy) is 2. The van der Waals surface area contributed by atoms with Crippen LogP contribution in [0.25, 0.3) is 5.76 Å². The Labute approximate surface area is 168 Å². The molecule has 1 aliphatic heterocycles. The molecule has 0 radical (unpaired) electrons. The Morgan fingerprint density at radius 2 is 1.52 bits per heavy atom. The third-order valence-corrected chi connectivity index (χ3v) is 4.89. The van der Waals surface area contributed by atoms with E-state index in [1.54, 1.807) is 55.6 Å². The molecule has 2 aromatic carbocycles. The fourth-order valence-electron chi connectivity index (χ4n) is 3.39. The normalized spacial score (nSPS) is 18.2. The van der Waals surface area contributed by atoms with Crippen molar-refractivity contribution >= 4 is 17.4 Å². The summed E-state index contributed by atoms with van der Waals surface area (Å²) >= 11 is 0. The number of carbonyl (C=O) groups is 2. The van der Waals surface area contributed by atoms with Crippen molar-refractivity contribution in [3.63, 3.8) is 0 Å². The van der Waals surface area contributed by atoms with Gasteiger partial charge in [-0.15, -0.1) is 0 Å². The molecule has 1 heterocycles. The highest BCUT2D eigenvalue weighted by Gasteiger charge is 2.45. The van der Waals surface area contributed by atoms with Crippen LogP contribution in [0.3, 0.4) is 0 Å². The van der Waals surface area contributed by atoms with Gasteiger partial charge < -0.3 is 24.6 Å². The van der Waals surface area contributed by atoms with Gasteiger partial charge in [0.25, 0.3) is 11.7 Å². The fraction of sp³-hybridized carbons (Fsp3) is 0.273. The van der Waals surface area contributed by atoms with E-state index in [4.69, 9.17) is 9.47 Å². The molecule has 1 atom stereocenters. The SMILES string of the molecule is COc1ccc(C(O)=C2C(=O)C(=O)N(CCCO)[C@H]2c2ccc(OC)cc2)cc1. The second-order valence-electron chi connectivity index (χ2n) is 6.57. The molecule has 1 fully saturated rings. The van der Waals surface area contributed by atoms with E-state index in [1.165, 1.54) is 12.0 Å². The number of aliphatic hydroxyl groups excluding tert-OH is 2. The molecule has 152 valence electrons. The number of carbonyl (C=O) groups excluding carboxylic acids is 2. The first-order valence-corrected chi connectivity index (χ1v) is 9.19. The molecule has 7 nitrogen and oxygen atoms in total. The first-order chi connectivity index (χ1) is 14.0. The predicted octanol–water partition coefficient (Wildman–Crippen LogP) is 2.51. The van der Waals surface area contributed by atoms with Gasteiger partial charge in [0.05, 0.1) is 25.8 Å². The molecule has 0 aliphatic carbocycles. The summed E-state index contributed by atoms with van der Waals surface area (Å²) in [4.78, 5) is 26.9. The number of likely N-dealkylation sites (tertiary alicyclic amines) is 1. The van der Waals surface area contributed by atoms with E-state index in [0.29, 0.717) is 29.0 Å². The molecule has 2 aromatic rings. The zero-order valence-electron chi connectivity index (χ0n) is 16.3. The molecule has 2 N–H and O–H groups in total. The van der Waals surface area contributed by atoms with Gasteiger partial charge in [0.1, 0.15) is 17.3 Å². The number of methoxy groups -OCH3 is 2. The molecule has 1 saturated heterocycles. The summed E-state index contributed by atoms with van der Waals surface area (Å²) in [5, 5.41) is 20.1. The predicted molar refractivity (Wildman–Crippen MR) is 107 cm³/mol. The van der Waals surface area contributed by atoms with Crippen LogP contribution in [0.5, 0.6) is 11.5 Å². The van der Waals surface area contributed by atoms with Gasteiger partial charge in [0.15, 0.2) is 0 Å². The molecule has 0 saturated carbocycles. The summed E-state index contributed by atoms with van der Waals surface area (Å²) in [6, 6.07) is 12.8. The van der Waals surface area contributed by atoms with E-state index < -0.39 is 17.7 Å². The highest BCUT2D eigenvalue weighted by molar-refractivity contribution is 6.46. The average molecular weight is 397 g/mol. The van der Waals surface area contributed by atoms with E-state index in [1.807, 2.05) is 0 Å². The molecule has 1 aliphatic rings. The Hall–Kier alpha value is -3.32. The number of hydrogen-bond acceptors (Lipinski definition) is 6. The Kier molecular flexibility index (Phi) is 6.19. The molecule has 0 spiro atoms. The molecule has 0 unspecified atom stereocenters. The van der Waals surface area contributed by atoms with Crippen LogP contribution in [-0.2, 0) is 9.59 Å². The van der Waals surface area contributed by atoms with Crippen LogP contribution in [0.15, 0.2) is 54.1 Å². The minimum absolute atomic E-state index is 0.0169. The van der Waals surface area contributed by atoms with Crippen molar-refractivity contribution in [3.8, 4) is 11.5 Å². The minimum Gasteiger partial charge on any atom is -0.507 e. The lowest BCUT2D eigenvalue weighted by Gasteiger charge is -2.25. The van der Waals surface area contributed by atoms with Crippen molar-refractivity contribution in [2.75, 3.05) is 27.4 Å². The molecular weight excluding hydrogens is 374 g/mol. The lowest BCUT2D eigenvalue weighted by molar-refractivity contribution is -0.140. The number of ketones is 1. The molecule has 0 bridgehead atoms. The summed E-state index contributed by atoms with van der Waals surface area (Å²) in [6.07, 6.45) is 0.322. The van der Waals surface area contributed by atoms with Crippen molar-refractivity contribution in [1.29, 1.82) is 0 Å². The van der Waals surface area contributed by atoms with Gasteiger partial charge in [-0.2, -0.15) is 0 Å². The monoisotopic (exact) mass is 397 g/mol. The van der Waals surface area contributed by atoms with Crippen LogP contribution >= 0.6 is 0 Å². The summed E-state index contributed by atoms with van der Waals surface area (Å²) in [7, 11) is 3.08. The molecule has 3 rings (SSSR count). The summed E-state index contributed by atoms with van der Waals surface area (Å²) in [5.74, 6) is -0.461. The van der Waals surface area contributed by atoms with Crippen LogP contribution in [-0.4, -0.2) is 54.2 Å². The number of hydrogen-bond donors (Lipinski definition) is 2. The maximum atomic E-state index is 12.8. The maximum absolute atomic E-state index is 12.8. The van der Waals surface area contributed by atoms with Crippen LogP contribution < -0.4 is 9.47 Å². The molecular formula is C22H23NO6. The van der Waals surface area contributed by atoms with Gasteiger partial charge in [-0.3, -0.25) is 9.59 Å². The van der Waals surface area contributed by atoms with Crippen molar-refractivity contribution in [2.24, 2.45) is 0 Å². The second kappa shape index (κ2) is 8.79. The zero-order chi connectivity index (χ0) is 21.0. The maximum Gasteiger partial charge on any atom is 0.295 e. The van der Waals surface area contributed by atoms with Gasteiger partial charge in [-0.25, -0.2) is 0 Å². The number of amides is 1. The molecule has 0 aromatic heterocycles. The quantitative estimate of drug-likeness (QED) is 0.423. The fourth-order valence-corrected chi connectivity index (χ4v) is 3.39. The van der Waals surface area contributed by atoms with E-state index >= 15 is 0 Å². The largest absolute Gasteiger partial charge is 0.507 e. The van der Waals surface area contributed by atoms with E-state index in [2.05, 4.69) is 0 Å². The second-order valence-corrected chi connectivity index (χ2v) is 6.57. The van der Waals surface area contributed by atoms with Gasteiger partial charge in [-0.05, 0) is 48.4 Å². The lowest BCUT2D eigenvalue weighted by atomic mass is 9.95. The zero-order valence-corrected chi connectivity index (χ0v) is 16.3. The number of Topliss-reactive ketones (excluding diaryl/α,β-unsaturated/α-hetero) is 1. The highest BCUT2D eigenvalue weighted by atomic mass is 16.5. The Bertz CT molecular complexity index is 917. The minimum atomic E-state index is -0.755. The van der Waals surface area contributed by atoms with Gasteiger partial charge in [0.2, 0.25) is 0 Å². The summed E-state index contributed by atoms with van der Waals surface area (Å²) in [6.45, 7) is 0.0774. The van der Waals surface area contributed by atoms with E-state index in [9.17, 15) is 19.8 Å². The third-order valence-electron chi connectivity index (χ3n) is 4.89. The first-order valence-electron chi connectivity index (χ1n) is 9.19. The Morgan fingerprint density at radius 3 is 2.03 bits per heavy atom. The summed E-state index contributed by atoms with van der Waals surface area (Å²) in [5.41, 5.74) is 1.09. The number of aliphatic hydroxyl groups is 2. The smallest absolute Gasteiger partial charge is 0.295 e. The van der Waals surface area contributed by atoms with Crippen LogP contribution in [0.4, 0.5) is 0 Å². The van der Waals surface area contributed by atoms with Crippen molar-refractivity contribution in [3.05, 3.63) is 65.2 Å². The topological polar surface area (TPSA) is 96.3 Å². The molecule has 1 amide bonds. The van der Waals surface area contributed by atoms with Gasteiger partial charge in [0, 0.05) is 18.7 Å². The number of nitrogens with zero attached hydrogens (tertiary/aromatic N) is 1. The Morgan fingerprint density at radius 1 is 0.966 bits per heavy atom. The highest BCUT2D eigenvalue weighted by Crippen LogP contribution is 2.40. The van der Waals surface area contributed by atoms with E-state index in [-0.39, 0.29) is 24.5 Å². The van der Waals surface area contributed by atoms with Crippen molar-refractivity contribution in [1.82, 2.24) is 4.90 Å². The molecule has 29 heavy (non-hydrogen) atoms. The number of rotatable bonds is 7. The number of benzene rings is 2. The van der Waals surface area contributed by atoms with E-state index in [0.717, 1.165) is 0 Å².